The van der Waals surface area contributed by atoms with Crippen molar-refractivity contribution in [3.8, 4) is 44.7 Å². The SMILES string of the molecule is c1ccc(-c2oc3cccc(-c4ccc5ccc6c(-c7ccccc7)ccc7ccc4c5c76)c3c2-c2ccccc2)cc1. The molecule has 8 aromatic carbocycles. The Bertz CT molecular complexity index is 2420. The van der Waals surface area contributed by atoms with Crippen LogP contribution in [0.2, 0.25) is 0 Å². The monoisotopic (exact) mass is 546 g/mol. The maximum atomic E-state index is 6.69. The molecule has 0 fully saturated rings. The lowest BCUT2D eigenvalue weighted by Gasteiger charge is -2.17. The molecule has 1 nitrogen and oxygen atoms in total. The predicted molar refractivity (Wildman–Crippen MR) is 182 cm³/mol. The zero-order valence-corrected chi connectivity index (χ0v) is 23.4. The number of benzene rings is 8. The number of rotatable bonds is 4. The van der Waals surface area contributed by atoms with Gasteiger partial charge in [-0.25, -0.2) is 0 Å². The molecule has 1 heteroatoms. The lowest BCUT2D eigenvalue weighted by atomic mass is 9.86. The van der Waals surface area contributed by atoms with E-state index in [1.54, 1.807) is 0 Å². The first-order chi connectivity index (χ1) is 21.3. The minimum absolute atomic E-state index is 0.896. The van der Waals surface area contributed by atoms with Crippen LogP contribution in [-0.2, 0) is 0 Å². The Hall–Kier alpha value is -5.66. The summed E-state index contributed by atoms with van der Waals surface area (Å²) in [5.74, 6) is 0.902. The molecule has 0 aliphatic rings. The molecule has 0 spiro atoms. The fourth-order valence-corrected chi connectivity index (χ4v) is 6.95. The van der Waals surface area contributed by atoms with E-state index in [0.717, 1.165) is 33.4 Å². The molecular formula is C42H26O. The van der Waals surface area contributed by atoms with Gasteiger partial charge >= 0.3 is 0 Å². The standard InChI is InChI=1S/C42H26O/c1-4-11-27(12-5-1)32-23-19-29-22-26-36-33(24-20-30-21-25-35(32)38(29)39(30)36)34-17-10-18-37-41(34)40(28-13-6-2-7-14-28)42(43-37)31-15-8-3-9-16-31/h1-26H. The van der Waals surface area contributed by atoms with E-state index in [1.807, 2.05) is 6.07 Å². The highest BCUT2D eigenvalue weighted by Crippen LogP contribution is 2.48. The summed E-state index contributed by atoms with van der Waals surface area (Å²) in [4.78, 5) is 0. The molecule has 0 unspecified atom stereocenters. The summed E-state index contributed by atoms with van der Waals surface area (Å²) in [5.41, 5.74) is 9.17. The van der Waals surface area contributed by atoms with Crippen molar-refractivity contribution in [3.05, 3.63) is 158 Å². The van der Waals surface area contributed by atoms with Gasteiger partial charge in [-0.05, 0) is 66.2 Å². The van der Waals surface area contributed by atoms with Gasteiger partial charge in [-0.15, -0.1) is 0 Å². The molecular weight excluding hydrogens is 520 g/mol. The molecule has 0 N–H and O–H groups in total. The molecule has 0 atom stereocenters. The third-order valence-electron chi connectivity index (χ3n) is 8.85. The number of furan rings is 1. The van der Waals surface area contributed by atoms with Crippen molar-refractivity contribution >= 4 is 43.3 Å². The van der Waals surface area contributed by atoms with Gasteiger partial charge in [0.2, 0.25) is 0 Å². The third-order valence-corrected chi connectivity index (χ3v) is 8.85. The molecule has 0 amide bonds. The number of fused-ring (bicyclic) bond motifs is 1. The van der Waals surface area contributed by atoms with Crippen LogP contribution in [0.1, 0.15) is 0 Å². The first-order valence-electron chi connectivity index (χ1n) is 14.8. The fraction of sp³-hybridized carbons (Fsp3) is 0. The summed E-state index contributed by atoms with van der Waals surface area (Å²) in [6.45, 7) is 0. The molecule has 0 aliphatic heterocycles. The summed E-state index contributed by atoms with van der Waals surface area (Å²) in [7, 11) is 0. The van der Waals surface area contributed by atoms with Crippen LogP contribution in [-0.4, -0.2) is 0 Å². The average Bonchev–Trinajstić information content (AvgIpc) is 3.48. The normalized spacial score (nSPS) is 11.7. The third kappa shape index (κ3) is 3.65. The molecule has 0 aliphatic carbocycles. The van der Waals surface area contributed by atoms with Crippen molar-refractivity contribution < 1.29 is 4.42 Å². The lowest BCUT2D eigenvalue weighted by Crippen LogP contribution is -1.90. The van der Waals surface area contributed by atoms with Crippen molar-refractivity contribution in [2.24, 2.45) is 0 Å². The van der Waals surface area contributed by atoms with Crippen molar-refractivity contribution in [2.45, 2.75) is 0 Å². The molecule has 0 radical (unpaired) electrons. The van der Waals surface area contributed by atoms with Crippen LogP contribution in [0.4, 0.5) is 0 Å². The van der Waals surface area contributed by atoms with Crippen LogP contribution in [0.5, 0.6) is 0 Å². The van der Waals surface area contributed by atoms with Gasteiger partial charge in [-0.3, -0.25) is 0 Å². The Balaban J connectivity index is 1.38. The predicted octanol–water partition coefficient (Wildman–Crippen LogP) is 12.0. The topological polar surface area (TPSA) is 13.1 Å². The van der Waals surface area contributed by atoms with E-state index in [1.165, 1.54) is 54.6 Å². The molecule has 43 heavy (non-hydrogen) atoms. The van der Waals surface area contributed by atoms with Gasteiger partial charge in [0, 0.05) is 16.5 Å². The van der Waals surface area contributed by atoms with Gasteiger partial charge in [-0.1, -0.05) is 152 Å². The second-order valence-corrected chi connectivity index (χ2v) is 11.2. The molecule has 0 saturated heterocycles. The quantitative estimate of drug-likeness (QED) is 0.200. The second-order valence-electron chi connectivity index (χ2n) is 11.2. The molecule has 0 bridgehead atoms. The van der Waals surface area contributed by atoms with Crippen LogP contribution < -0.4 is 0 Å². The molecule has 0 saturated carbocycles. The van der Waals surface area contributed by atoms with E-state index in [9.17, 15) is 0 Å². The van der Waals surface area contributed by atoms with Gasteiger partial charge in [0.1, 0.15) is 11.3 Å². The molecule has 1 aromatic heterocycles. The zero-order valence-electron chi connectivity index (χ0n) is 23.4. The second kappa shape index (κ2) is 9.44. The molecule has 9 rings (SSSR count). The summed E-state index contributed by atoms with van der Waals surface area (Å²) < 4.78 is 6.69. The van der Waals surface area contributed by atoms with E-state index < -0.39 is 0 Å². The maximum Gasteiger partial charge on any atom is 0.143 e. The Morgan fingerprint density at radius 2 is 0.860 bits per heavy atom. The van der Waals surface area contributed by atoms with Gasteiger partial charge in [-0.2, -0.15) is 0 Å². The average molecular weight is 547 g/mol. The van der Waals surface area contributed by atoms with Crippen molar-refractivity contribution in [1.82, 2.24) is 0 Å². The van der Waals surface area contributed by atoms with Crippen molar-refractivity contribution in [2.75, 3.05) is 0 Å². The molecule has 1 heterocycles. The van der Waals surface area contributed by atoms with Crippen LogP contribution in [0.3, 0.4) is 0 Å². The van der Waals surface area contributed by atoms with E-state index in [0.29, 0.717) is 0 Å². The first kappa shape index (κ1) is 24.0. The summed E-state index contributed by atoms with van der Waals surface area (Å²) >= 11 is 0. The Kier molecular flexibility index (Phi) is 5.27. The van der Waals surface area contributed by atoms with Gasteiger partial charge < -0.3 is 4.42 Å². The fourth-order valence-electron chi connectivity index (χ4n) is 6.95. The van der Waals surface area contributed by atoms with E-state index >= 15 is 0 Å². The van der Waals surface area contributed by atoms with Gasteiger partial charge in [0.25, 0.3) is 0 Å². The highest BCUT2D eigenvalue weighted by Gasteiger charge is 2.22. The summed E-state index contributed by atoms with van der Waals surface area (Å²) in [6, 6.07) is 56.5. The molecule has 9 aromatic rings. The van der Waals surface area contributed by atoms with Crippen molar-refractivity contribution in [1.29, 1.82) is 0 Å². The van der Waals surface area contributed by atoms with Crippen LogP contribution in [0, 0.1) is 0 Å². The summed E-state index contributed by atoms with van der Waals surface area (Å²) in [6.07, 6.45) is 0. The number of hydrogen-bond donors (Lipinski definition) is 0. The minimum atomic E-state index is 0.896. The first-order valence-corrected chi connectivity index (χ1v) is 14.8. The Morgan fingerprint density at radius 3 is 1.51 bits per heavy atom. The largest absolute Gasteiger partial charge is 0.455 e. The van der Waals surface area contributed by atoms with Gasteiger partial charge in [0.15, 0.2) is 0 Å². The van der Waals surface area contributed by atoms with E-state index in [2.05, 4.69) is 152 Å². The maximum absolute atomic E-state index is 6.69. The highest BCUT2D eigenvalue weighted by atomic mass is 16.3. The van der Waals surface area contributed by atoms with Crippen molar-refractivity contribution in [3.63, 3.8) is 0 Å². The Morgan fingerprint density at radius 1 is 0.326 bits per heavy atom. The van der Waals surface area contributed by atoms with Gasteiger partial charge in [0.05, 0.1) is 0 Å². The lowest BCUT2D eigenvalue weighted by molar-refractivity contribution is 0.632. The molecule has 200 valence electrons. The van der Waals surface area contributed by atoms with Crippen LogP contribution in [0.15, 0.2) is 162 Å². The highest BCUT2D eigenvalue weighted by molar-refractivity contribution is 6.28. The van der Waals surface area contributed by atoms with Crippen LogP contribution in [0.25, 0.3) is 88.0 Å². The van der Waals surface area contributed by atoms with Crippen LogP contribution >= 0.6 is 0 Å². The Labute approximate surface area is 249 Å². The smallest absolute Gasteiger partial charge is 0.143 e. The van der Waals surface area contributed by atoms with E-state index in [4.69, 9.17) is 4.42 Å². The zero-order chi connectivity index (χ0) is 28.3. The summed E-state index contributed by atoms with van der Waals surface area (Å²) in [5, 5.41) is 8.86. The van der Waals surface area contributed by atoms with E-state index in [-0.39, 0.29) is 0 Å². The number of hydrogen-bond acceptors (Lipinski definition) is 1. The minimum Gasteiger partial charge on any atom is -0.455 e.